The SMILES string of the molecule is N/C(=N/OCC(=O)Nc1cccc([N+](=O)[O-])c1)c1ccccc1. The van der Waals surface area contributed by atoms with Gasteiger partial charge in [0.1, 0.15) is 0 Å². The number of amides is 1. The summed E-state index contributed by atoms with van der Waals surface area (Å²) in [5.41, 5.74) is 6.56. The molecule has 8 nitrogen and oxygen atoms in total. The summed E-state index contributed by atoms with van der Waals surface area (Å²) in [7, 11) is 0. The first kappa shape index (κ1) is 16.0. The Morgan fingerprint density at radius 3 is 2.65 bits per heavy atom. The molecule has 2 aromatic rings. The van der Waals surface area contributed by atoms with Crippen LogP contribution in [-0.2, 0) is 9.63 Å². The molecule has 0 aromatic heterocycles. The zero-order chi connectivity index (χ0) is 16.7. The van der Waals surface area contributed by atoms with Crippen LogP contribution in [0.2, 0.25) is 0 Å². The summed E-state index contributed by atoms with van der Waals surface area (Å²) >= 11 is 0. The quantitative estimate of drug-likeness (QED) is 0.365. The first-order valence-electron chi connectivity index (χ1n) is 6.61. The maximum Gasteiger partial charge on any atom is 0.271 e. The Kier molecular flexibility index (Phi) is 5.24. The third kappa shape index (κ3) is 4.81. The van der Waals surface area contributed by atoms with Crippen LogP contribution in [0.15, 0.2) is 59.8 Å². The van der Waals surface area contributed by atoms with Crippen molar-refractivity contribution < 1.29 is 14.6 Å². The van der Waals surface area contributed by atoms with Crippen molar-refractivity contribution in [2.75, 3.05) is 11.9 Å². The minimum atomic E-state index is -0.545. The van der Waals surface area contributed by atoms with Gasteiger partial charge in [0, 0.05) is 23.4 Å². The van der Waals surface area contributed by atoms with Crippen molar-refractivity contribution >= 4 is 23.1 Å². The number of nitrogens with zero attached hydrogens (tertiary/aromatic N) is 2. The Labute approximate surface area is 131 Å². The minimum Gasteiger partial charge on any atom is -0.384 e. The predicted molar refractivity (Wildman–Crippen MR) is 84.8 cm³/mol. The van der Waals surface area contributed by atoms with Crippen molar-refractivity contribution in [3.8, 4) is 0 Å². The number of rotatable bonds is 6. The van der Waals surface area contributed by atoms with E-state index in [4.69, 9.17) is 10.6 Å². The summed E-state index contributed by atoms with van der Waals surface area (Å²) in [5.74, 6) is -0.358. The number of hydrogen-bond donors (Lipinski definition) is 2. The normalized spacial score (nSPS) is 10.9. The Morgan fingerprint density at radius 1 is 1.22 bits per heavy atom. The van der Waals surface area contributed by atoms with Crippen LogP contribution in [0.25, 0.3) is 0 Å². The lowest BCUT2D eigenvalue weighted by Gasteiger charge is -2.05. The number of nitrogens with one attached hydrogen (secondary N) is 1. The molecule has 0 spiro atoms. The van der Waals surface area contributed by atoms with Gasteiger partial charge in [-0.15, -0.1) is 0 Å². The standard InChI is InChI=1S/C15H14N4O4/c16-15(11-5-2-1-3-6-11)18-23-10-14(20)17-12-7-4-8-13(9-12)19(21)22/h1-9H,10H2,(H2,16,18)(H,17,20). The van der Waals surface area contributed by atoms with Crippen molar-refractivity contribution in [1.82, 2.24) is 0 Å². The molecule has 0 saturated heterocycles. The van der Waals surface area contributed by atoms with Crippen LogP contribution in [0.1, 0.15) is 5.56 Å². The summed E-state index contributed by atoms with van der Waals surface area (Å²) in [6, 6.07) is 14.5. The number of carbonyl (C=O) groups is 1. The molecule has 0 radical (unpaired) electrons. The van der Waals surface area contributed by atoms with E-state index in [2.05, 4.69) is 10.5 Å². The van der Waals surface area contributed by atoms with Gasteiger partial charge in [-0.25, -0.2) is 0 Å². The van der Waals surface area contributed by atoms with Gasteiger partial charge in [0.2, 0.25) is 0 Å². The largest absolute Gasteiger partial charge is 0.384 e. The molecule has 0 aliphatic heterocycles. The van der Waals surface area contributed by atoms with E-state index < -0.39 is 10.8 Å². The van der Waals surface area contributed by atoms with Crippen LogP contribution >= 0.6 is 0 Å². The zero-order valence-electron chi connectivity index (χ0n) is 12.0. The molecule has 118 valence electrons. The number of nitrogens with two attached hydrogens (primary N) is 1. The number of nitro benzene ring substituents is 1. The minimum absolute atomic E-state index is 0.116. The molecule has 0 aliphatic carbocycles. The summed E-state index contributed by atoms with van der Waals surface area (Å²) < 4.78 is 0. The average molecular weight is 314 g/mol. The third-order valence-corrected chi connectivity index (χ3v) is 2.77. The van der Waals surface area contributed by atoms with Crippen LogP contribution in [0.3, 0.4) is 0 Å². The first-order valence-corrected chi connectivity index (χ1v) is 6.61. The number of oxime groups is 1. The molecule has 0 heterocycles. The molecule has 3 N–H and O–H groups in total. The second-order valence-electron chi connectivity index (χ2n) is 4.47. The Bertz CT molecular complexity index is 731. The highest BCUT2D eigenvalue weighted by molar-refractivity contribution is 5.97. The van der Waals surface area contributed by atoms with Crippen LogP contribution in [0.4, 0.5) is 11.4 Å². The topological polar surface area (TPSA) is 120 Å². The van der Waals surface area contributed by atoms with E-state index >= 15 is 0 Å². The molecule has 0 saturated carbocycles. The number of carbonyl (C=O) groups excluding carboxylic acids is 1. The molecular formula is C15H14N4O4. The van der Waals surface area contributed by atoms with Gasteiger partial charge in [-0.3, -0.25) is 14.9 Å². The van der Waals surface area contributed by atoms with Gasteiger partial charge in [0.25, 0.3) is 11.6 Å². The summed E-state index contributed by atoms with van der Waals surface area (Å²) in [6.07, 6.45) is 0. The number of benzene rings is 2. The van der Waals surface area contributed by atoms with Crippen molar-refractivity contribution in [3.05, 3.63) is 70.3 Å². The van der Waals surface area contributed by atoms with E-state index in [1.165, 1.54) is 24.3 Å². The predicted octanol–water partition coefficient (Wildman–Crippen LogP) is 1.87. The monoisotopic (exact) mass is 314 g/mol. The van der Waals surface area contributed by atoms with E-state index in [0.717, 1.165) is 0 Å². The second kappa shape index (κ2) is 7.55. The van der Waals surface area contributed by atoms with Gasteiger partial charge in [-0.2, -0.15) is 0 Å². The molecule has 8 heteroatoms. The molecule has 2 aromatic carbocycles. The lowest BCUT2D eigenvalue weighted by molar-refractivity contribution is -0.384. The van der Waals surface area contributed by atoms with Gasteiger partial charge >= 0.3 is 0 Å². The molecule has 23 heavy (non-hydrogen) atoms. The number of anilines is 1. The number of non-ortho nitro benzene ring substituents is 1. The van der Waals surface area contributed by atoms with E-state index in [9.17, 15) is 14.9 Å². The van der Waals surface area contributed by atoms with Crippen molar-refractivity contribution in [3.63, 3.8) is 0 Å². The average Bonchev–Trinajstić information content (AvgIpc) is 2.55. The van der Waals surface area contributed by atoms with Crippen LogP contribution < -0.4 is 11.1 Å². The second-order valence-corrected chi connectivity index (χ2v) is 4.47. The number of amidine groups is 1. The first-order chi connectivity index (χ1) is 11.1. The molecular weight excluding hydrogens is 300 g/mol. The van der Waals surface area contributed by atoms with Crippen LogP contribution in [0, 0.1) is 10.1 Å². The molecule has 0 fully saturated rings. The van der Waals surface area contributed by atoms with E-state index in [1.54, 1.807) is 24.3 Å². The summed E-state index contributed by atoms with van der Waals surface area (Å²) in [5, 5.41) is 16.8. The lowest BCUT2D eigenvalue weighted by Crippen LogP contribution is -2.19. The summed E-state index contributed by atoms with van der Waals surface area (Å²) in [4.78, 5) is 26.7. The van der Waals surface area contributed by atoms with Gasteiger partial charge in [0.05, 0.1) is 4.92 Å². The molecule has 0 unspecified atom stereocenters. The number of hydrogen-bond acceptors (Lipinski definition) is 5. The van der Waals surface area contributed by atoms with Crippen molar-refractivity contribution in [1.29, 1.82) is 0 Å². The fraction of sp³-hybridized carbons (Fsp3) is 0.0667. The smallest absolute Gasteiger partial charge is 0.271 e. The Morgan fingerprint density at radius 2 is 1.96 bits per heavy atom. The van der Waals surface area contributed by atoms with Gasteiger partial charge in [-0.05, 0) is 6.07 Å². The molecule has 0 bridgehead atoms. The lowest BCUT2D eigenvalue weighted by atomic mass is 10.2. The fourth-order valence-electron chi connectivity index (χ4n) is 1.72. The maximum absolute atomic E-state index is 11.7. The van der Waals surface area contributed by atoms with Crippen LogP contribution in [0.5, 0.6) is 0 Å². The number of nitro groups is 1. The van der Waals surface area contributed by atoms with Crippen molar-refractivity contribution in [2.45, 2.75) is 0 Å². The maximum atomic E-state index is 11.7. The molecule has 0 aliphatic rings. The Hall–Kier alpha value is -3.42. The highest BCUT2D eigenvalue weighted by Gasteiger charge is 2.08. The van der Waals surface area contributed by atoms with Gasteiger partial charge in [0.15, 0.2) is 12.4 Å². The van der Waals surface area contributed by atoms with Gasteiger partial charge < -0.3 is 15.9 Å². The highest BCUT2D eigenvalue weighted by atomic mass is 16.6. The Balaban J connectivity index is 1.88. The van der Waals surface area contributed by atoms with E-state index in [0.29, 0.717) is 11.3 Å². The van der Waals surface area contributed by atoms with Crippen molar-refractivity contribution in [2.24, 2.45) is 10.9 Å². The molecule has 1 amide bonds. The third-order valence-electron chi connectivity index (χ3n) is 2.77. The van der Waals surface area contributed by atoms with Crippen LogP contribution in [-0.4, -0.2) is 23.3 Å². The molecule has 0 atom stereocenters. The summed E-state index contributed by atoms with van der Waals surface area (Å²) in [6.45, 7) is -0.365. The van der Waals surface area contributed by atoms with Gasteiger partial charge in [-0.1, -0.05) is 41.6 Å². The van der Waals surface area contributed by atoms with E-state index in [1.807, 2.05) is 6.07 Å². The highest BCUT2D eigenvalue weighted by Crippen LogP contribution is 2.16. The molecule has 2 rings (SSSR count). The fourth-order valence-corrected chi connectivity index (χ4v) is 1.72. The zero-order valence-corrected chi connectivity index (χ0v) is 12.0. The van der Waals surface area contributed by atoms with E-state index in [-0.39, 0.29) is 18.1 Å².